The highest BCUT2D eigenvalue weighted by Crippen LogP contribution is 2.25. The molecular formula is C20H20ClN3O4. The lowest BCUT2D eigenvalue weighted by atomic mass is 10.1. The third-order valence-electron chi connectivity index (χ3n) is 4.62. The molecule has 7 nitrogen and oxygen atoms in total. The number of amides is 4. The van der Waals surface area contributed by atoms with Crippen LogP contribution in [0.2, 0.25) is 5.02 Å². The summed E-state index contributed by atoms with van der Waals surface area (Å²) >= 11 is 5.87. The van der Waals surface area contributed by atoms with Crippen molar-refractivity contribution in [3.63, 3.8) is 0 Å². The van der Waals surface area contributed by atoms with E-state index in [2.05, 4.69) is 5.32 Å². The average Bonchev–Trinajstić information content (AvgIpc) is 2.91. The lowest BCUT2D eigenvalue weighted by molar-refractivity contribution is -0.122. The Balaban J connectivity index is 1.99. The summed E-state index contributed by atoms with van der Waals surface area (Å²) in [7, 11) is 1.63. The van der Waals surface area contributed by atoms with Crippen LogP contribution in [0.5, 0.6) is 0 Å². The Labute approximate surface area is 167 Å². The Morgan fingerprint density at radius 2 is 1.82 bits per heavy atom. The van der Waals surface area contributed by atoms with Crippen LogP contribution in [0.3, 0.4) is 0 Å². The van der Waals surface area contributed by atoms with Gasteiger partial charge in [-0.05, 0) is 55.8 Å². The number of ether oxygens (including phenoxy) is 1. The van der Waals surface area contributed by atoms with E-state index in [-0.39, 0.29) is 5.57 Å². The minimum absolute atomic E-state index is 0.110. The highest BCUT2D eigenvalue weighted by molar-refractivity contribution is 6.39. The van der Waals surface area contributed by atoms with Crippen molar-refractivity contribution in [2.75, 3.05) is 18.6 Å². The molecule has 4 amide bonds. The van der Waals surface area contributed by atoms with Crippen LogP contribution in [0.4, 0.5) is 10.5 Å². The minimum atomic E-state index is -0.792. The molecule has 1 saturated heterocycles. The molecule has 146 valence electrons. The summed E-state index contributed by atoms with van der Waals surface area (Å²) in [5, 5.41) is 2.69. The number of urea groups is 1. The zero-order valence-corrected chi connectivity index (χ0v) is 16.5. The summed E-state index contributed by atoms with van der Waals surface area (Å²) in [6.07, 6.45) is 1.51. The molecule has 0 aliphatic carbocycles. The van der Waals surface area contributed by atoms with E-state index in [0.717, 1.165) is 21.9 Å². The molecule has 1 aromatic heterocycles. The third-order valence-corrected chi connectivity index (χ3v) is 4.87. The van der Waals surface area contributed by atoms with Gasteiger partial charge in [-0.1, -0.05) is 11.6 Å². The van der Waals surface area contributed by atoms with Crippen LogP contribution in [0.25, 0.3) is 6.08 Å². The SMILES string of the molecule is COCCn1c(C)cc(/C=C2\C(=O)NC(=O)N(c3ccc(Cl)cc3)C2=O)c1C. The third kappa shape index (κ3) is 3.72. The van der Waals surface area contributed by atoms with Gasteiger partial charge in [0.15, 0.2) is 0 Å². The van der Waals surface area contributed by atoms with Crippen LogP contribution in [0.15, 0.2) is 35.9 Å². The van der Waals surface area contributed by atoms with Crippen LogP contribution in [-0.2, 0) is 20.9 Å². The molecule has 0 bridgehead atoms. The Bertz CT molecular complexity index is 976. The number of rotatable bonds is 5. The van der Waals surface area contributed by atoms with Crippen LogP contribution >= 0.6 is 11.6 Å². The molecular weight excluding hydrogens is 382 g/mol. The Hall–Kier alpha value is -2.90. The van der Waals surface area contributed by atoms with E-state index in [1.54, 1.807) is 31.4 Å². The number of hydrogen-bond acceptors (Lipinski definition) is 4. The first-order chi connectivity index (χ1) is 13.3. The summed E-state index contributed by atoms with van der Waals surface area (Å²) in [5.41, 5.74) is 2.84. The molecule has 28 heavy (non-hydrogen) atoms. The molecule has 1 fully saturated rings. The fourth-order valence-electron chi connectivity index (χ4n) is 3.14. The van der Waals surface area contributed by atoms with Gasteiger partial charge in [-0.3, -0.25) is 14.9 Å². The van der Waals surface area contributed by atoms with Crippen molar-refractivity contribution >= 4 is 41.2 Å². The first kappa shape index (κ1) is 19.9. The molecule has 0 radical (unpaired) electrons. The number of aromatic nitrogens is 1. The van der Waals surface area contributed by atoms with Crippen LogP contribution < -0.4 is 10.2 Å². The van der Waals surface area contributed by atoms with Crippen molar-refractivity contribution in [2.24, 2.45) is 0 Å². The number of imide groups is 2. The number of barbiturate groups is 1. The summed E-state index contributed by atoms with van der Waals surface area (Å²) in [6, 6.07) is 7.33. The maximum atomic E-state index is 12.9. The van der Waals surface area contributed by atoms with Crippen LogP contribution in [-0.4, -0.2) is 36.1 Å². The van der Waals surface area contributed by atoms with Gasteiger partial charge in [0.05, 0.1) is 12.3 Å². The first-order valence-electron chi connectivity index (χ1n) is 8.66. The van der Waals surface area contributed by atoms with E-state index in [4.69, 9.17) is 16.3 Å². The van der Waals surface area contributed by atoms with E-state index in [1.165, 1.54) is 6.08 Å². The predicted molar refractivity (Wildman–Crippen MR) is 106 cm³/mol. The number of hydrogen-bond donors (Lipinski definition) is 1. The second-order valence-electron chi connectivity index (χ2n) is 6.41. The number of nitrogens with one attached hydrogen (secondary N) is 1. The number of carbonyl (C=O) groups is 3. The minimum Gasteiger partial charge on any atom is -0.383 e. The van der Waals surface area contributed by atoms with Crippen molar-refractivity contribution < 1.29 is 19.1 Å². The number of aryl methyl sites for hydroxylation is 1. The van der Waals surface area contributed by atoms with E-state index in [0.29, 0.717) is 23.9 Å². The van der Waals surface area contributed by atoms with Gasteiger partial charge in [-0.15, -0.1) is 0 Å². The van der Waals surface area contributed by atoms with Gasteiger partial charge < -0.3 is 9.30 Å². The lowest BCUT2D eigenvalue weighted by Crippen LogP contribution is -2.54. The Kier molecular flexibility index (Phi) is 5.67. The second kappa shape index (κ2) is 8.00. The molecule has 3 rings (SSSR count). The summed E-state index contributed by atoms with van der Waals surface area (Å²) in [6.45, 7) is 5.05. The van der Waals surface area contributed by atoms with Gasteiger partial charge in [0, 0.05) is 30.1 Å². The fraction of sp³-hybridized carbons (Fsp3) is 0.250. The van der Waals surface area contributed by atoms with Crippen LogP contribution in [0, 0.1) is 13.8 Å². The Morgan fingerprint density at radius 1 is 1.14 bits per heavy atom. The summed E-state index contributed by atoms with van der Waals surface area (Å²) < 4.78 is 7.17. The molecule has 0 saturated carbocycles. The van der Waals surface area contributed by atoms with Crippen molar-refractivity contribution in [3.05, 3.63) is 57.9 Å². The van der Waals surface area contributed by atoms with Gasteiger partial charge >= 0.3 is 6.03 Å². The molecule has 8 heteroatoms. The highest BCUT2D eigenvalue weighted by atomic mass is 35.5. The largest absolute Gasteiger partial charge is 0.383 e. The molecule has 1 aliphatic rings. The van der Waals surface area contributed by atoms with Crippen molar-refractivity contribution in [1.29, 1.82) is 0 Å². The average molecular weight is 402 g/mol. The molecule has 2 heterocycles. The monoisotopic (exact) mass is 401 g/mol. The quantitative estimate of drug-likeness (QED) is 0.616. The fourth-order valence-corrected chi connectivity index (χ4v) is 3.26. The van der Waals surface area contributed by atoms with Gasteiger partial charge in [-0.25, -0.2) is 9.69 Å². The van der Waals surface area contributed by atoms with E-state index >= 15 is 0 Å². The van der Waals surface area contributed by atoms with E-state index < -0.39 is 17.8 Å². The van der Waals surface area contributed by atoms with Gasteiger partial charge in [0.1, 0.15) is 5.57 Å². The lowest BCUT2D eigenvalue weighted by Gasteiger charge is -2.26. The zero-order valence-electron chi connectivity index (χ0n) is 15.8. The molecule has 1 N–H and O–H groups in total. The van der Waals surface area contributed by atoms with Crippen molar-refractivity contribution in [3.8, 4) is 0 Å². The Morgan fingerprint density at radius 3 is 2.46 bits per heavy atom. The second-order valence-corrected chi connectivity index (χ2v) is 6.84. The highest BCUT2D eigenvalue weighted by Gasteiger charge is 2.37. The molecule has 1 aromatic carbocycles. The maximum absolute atomic E-state index is 12.9. The standard InChI is InChI=1S/C20H20ClN3O4/c1-12-10-14(13(2)23(12)8-9-28-3)11-17-18(25)22-20(27)24(19(17)26)16-6-4-15(21)5-7-16/h4-7,10-11H,8-9H2,1-3H3,(H,22,25,27)/b17-11+. The zero-order chi connectivity index (χ0) is 20.4. The number of nitrogens with zero attached hydrogens (tertiary/aromatic N) is 2. The predicted octanol–water partition coefficient (Wildman–Crippen LogP) is 3.07. The molecule has 0 spiro atoms. The van der Waals surface area contributed by atoms with Gasteiger partial charge in [0.25, 0.3) is 11.8 Å². The van der Waals surface area contributed by atoms with Crippen molar-refractivity contribution in [2.45, 2.75) is 20.4 Å². The van der Waals surface area contributed by atoms with Gasteiger partial charge in [0.2, 0.25) is 0 Å². The topological polar surface area (TPSA) is 80.6 Å². The molecule has 2 aromatic rings. The molecule has 1 aliphatic heterocycles. The maximum Gasteiger partial charge on any atom is 0.335 e. The van der Waals surface area contributed by atoms with Gasteiger partial charge in [-0.2, -0.15) is 0 Å². The summed E-state index contributed by atoms with van der Waals surface area (Å²) in [5.74, 6) is -1.40. The number of benzene rings is 1. The molecule has 0 unspecified atom stereocenters. The normalized spacial score (nSPS) is 16.1. The smallest absolute Gasteiger partial charge is 0.335 e. The first-order valence-corrected chi connectivity index (χ1v) is 9.04. The summed E-state index contributed by atoms with van der Waals surface area (Å²) in [4.78, 5) is 38.4. The van der Waals surface area contributed by atoms with E-state index in [1.807, 2.05) is 24.5 Å². The molecule has 0 atom stereocenters. The van der Waals surface area contributed by atoms with Crippen LogP contribution in [0.1, 0.15) is 17.0 Å². The number of methoxy groups -OCH3 is 1. The number of carbonyl (C=O) groups excluding carboxylic acids is 3. The van der Waals surface area contributed by atoms with E-state index in [9.17, 15) is 14.4 Å². The number of halogens is 1. The van der Waals surface area contributed by atoms with Crippen molar-refractivity contribution in [1.82, 2.24) is 9.88 Å². The number of anilines is 1.